The maximum atomic E-state index is 11.7. The number of rotatable bonds is 4. The first kappa shape index (κ1) is 12.8. The highest BCUT2D eigenvalue weighted by molar-refractivity contribution is 5.80. The summed E-state index contributed by atoms with van der Waals surface area (Å²) < 4.78 is 0. The third kappa shape index (κ3) is 2.33. The first-order valence-corrected chi connectivity index (χ1v) is 6.79. The van der Waals surface area contributed by atoms with E-state index in [4.69, 9.17) is 0 Å². The first-order valence-electron chi connectivity index (χ1n) is 6.79. The average molecular weight is 240 g/mol. The van der Waals surface area contributed by atoms with E-state index in [-0.39, 0.29) is 6.04 Å². The highest BCUT2D eigenvalue weighted by Crippen LogP contribution is 2.35. The molecule has 2 fully saturated rings. The molecule has 2 aliphatic heterocycles. The van der Waals surface area contributed by atoms with E-state index in [1.807, 2.05) is 0 Å². The lowest BCUT2D eigenvalue weighted by molar-refractivity contribution is -0.146. The second-order valence-electron chi connectivity index (χ2n) is 5.85. The molecule has 2 heterocycles. The molecule has 17 heavy (non-hydrogen) atoms. The Balaban J connectivity index is 2.13. The Morgan fingerprint density at radius 3 is 2.88 bits per heavy atom. The molecule has 2 unspecified atom stereocenters. The summed E-state index contributed by atoms with van der Waals surface area (Å²) in [4.78, 5) is 14.1. The van der Waals surface area contributed by atoms with Gasteiger partial charge in [-0.3, -0.25) is 9.69 Å². The summed E-state index contributed by atoms with van der Waals surface area (Å²) in [6.07, 6.45) is 4.16. The van der Waals surface area contributed by atoms with Crippen LogP contribution in [0, 0.1) is 5.92 Å². The van der Waals surface area contributed by atoms with Crippen molar-refractivity contribution in [2.45, 2.75) is 51.1 Å². The van der Waals surface area contributed by atoms with E-state index < -0.39 is 11.5 Å². The first-order chi connectivity index (χ1) is 8.06. The standard InChI is InChI=1S/C13H24N2O2/c1-10(2)9-14-13(12(16)17)6-8-15-7-4-3-5-11(13)15/h10-11,14H,3-9H2,1-2H3,(H,16,17). The van der Waals surface area contributed by atoms with Crippen molar-refractivity contribution in [2.75, 3.05) is 19.6 Å². The van der Waals surface area contributed by atoms with E-state index in [1.165, 1.54) is 12.8 Å². The quantitative estimate of drug-likeness (QED) is 0.778. The van der Waals surface area contributed by atoms with Crippen LogP contribution in [0.25, 0.3) is 0 Å². The molecule has 2 saturated heterocycles. The molecule has 0 amide bonds. The van der Waals surface area contributed by atoms with Crippen molar-refractivity contribution in [2.24, 2.45) is 5.92 Å². The van der Waals surface area contributed by atoms with Crippen molar-refractivity contribution in [1.29, 1.82) is 0 Å². The van der Waals surface area contributed by atoms with Crippen LogP contribution in [0.2, 0.25) is 0 Å². The molecule has 0 aromatic heterocycles. The van der Waals surface area contributed by atoms with Gasteiger partial charge in [-0.1, -0.05) is 20.3 Å². The molecule has 0 radical (unpaired) electrons. The van der Waals surface area contributed by atoms with Crippen LogP contribution in [-0.4, -0.2) is 47.2 Å². The molecule has 0 aromatic carbocycles. The van der Waals surface area contributed by atoms with Gasteiger partial charge in [0.05, 0.1) is 0 Å². The fourth-order valence-corrected chi connectivity index (χ4v) is 3.22. The summed E-state index contributed by atoms with van der Waals surface area (Å²) >= 11 is 0. The minimum Gasteiger partial charge on any atom is -0.480 e. The Bertz CT molecular complexity index is 293. The lowest BCUT2D eigenvalue weighted by Crippen LogP contribution is -2.61. The predicted molar refractivity (Wildman–Crippen MR) is 67.0 cm³/mol. The van der Waals surface area contributed by atoms with E-state index in [1.54, 1.807) is 0 Å². The van der Waals surface area contributed by atoms with Gasteiger partial charge in [0.1, 0.15) is 5.54 Å². The lowest BCUT2D eigenvalue weighted by Gasteiger charge is -2.39. The van der Waals surface area contributed by atoms with Gasteiger partial charge in [-0.15, -0.1) is 0 Å². The number of hydrogen-bond acceptors (Lipinski definition) is 3. The highest BCUT2D eigenvalue weighted by Gasteiger charge is 2.53. The molecule has 0 aromatic rings. The maximum Gasteiger partial charge on any atom is 0.325 e. The van der Waals surface area contributed by atoms with Crippen LogP contribution in [0.3, 0.4) is 0 Å². The molecular weight excluding hydrogens is 216 g/mol. The Labute approximate surface area is 103 Å². The molecule has 0 saturated carbocycles. The molecule has 2 atom stereocenters. The highest BCUT2D eigenvalue weighted by atomic mass is 16.4. The van der Waals surface area contributed by atoms with Crippen LogP contribution >= 0.6 is 0 Å². The Kier molecular flexibility index (Phi) is 3.73. The zero-order valence-corrected chi connectivity index (χ0v) is 10.9. The number of aliphatic carboxylic acids is 1. The molecule has 98 valence electrons. The number of carboxylic acids is 1. The molecular formula is C13H24N2O2. The van der Waals surface area contributed by atoms with Gasteiger partial charge in [-0.2, -0.15) is 0 Å². The van der Waals surface area contributed by atoms with Crippen molar-refractivity contribution >= 4 is 5.97 Å². The van der Waals surface area contributed by atoms with Gasteiger partial charge in [0.2, 0.25) is 0 Å². The predicted octanol–water partition coefficient (Wildman–Crippen LogP) is 1.31. The van der Waals surface area contributed by atoms with Gasteiger partial charge in [-0.05, 0) is 38.3 Å². The van der Waals surface area contributed by atoms with Crippen molar-refractivity contribution in [1.82, 2.24) is 10.2 Å². The third-order valence-electron chi connectivity index (χ3n) is 4.18. The summed E-state index contributed by atoms with van der Waals surface area (Å²) in [6.45, 7) is 7.04. The van der Waals surface area contributed by atoms with E-state index >= 15 is 0 Å². The van der Waals surface area contributed by atoms with Crippen LogP contribution in [0.4, 0.5) is 0 Å². The second-order valence-corrected chi connectivity index (χ2v) is 5.85. The zero-order chi connectivity index (χ0) is 12.5. The molecule has 2 N–H and O–H groups in total. The summed E-state index contributed by atoms with van der Waals surface area (Å²) in [7, 11) is 0. The number of hydrogen-bond donors (Lipinski definition) is 2. The van der Waals surface area contributed by atoms with E-state index in [2.05, 4.69) is 24.1 Å². The van der Waals surface area contributed by atoms with Crippen molar-refractivity contribution in [3.05, 3.63) is 0 Å². The van der Waals surface area contributed by atoms with Gasteiger partial charge in [0.15, 0.2) is 0 Å². The lowest BCUT2D eigenvalue weighted by atomic mass is 9.85. The molecule has 2 aliphatic rings. The molecule has 0 aliphatic carbocycles. The van der Waals surface area contributed by atoms with Crippen molar-refractivity contribution in [3.8, 4) is 0 Å². The topological polar surface area (TPSA) is 52.6 Å². The number of carbonyl (C=O) groups is 1. The fourth-order valence-electron chi connectivity index (χ4n) is 3.22. The molecule has 4 nitrogen and oxygen atoms in total. The van der Waals surface area contributed by atoms with E-state index in [9.17, 15) is 9.90 Å². The molecule has 4 heteroatoms. The Morgan fingerprint density at radius 2 is 2.24 bits per heavy atom. The van der Waals surface area contributed by atoms with Gasteiger partial charge < -0.3 is 10.4 Å². The second kappa shape index (κ2) is 4.94. The average Bonchev–Trinajstić information content (AvgIpc) is 2.67. The van der Waals surface area contributed by atoms with Gasteiger partial charge in [0.25, 0.3) is 0 Å². The molecule has 0 spiro atoms. The van der Waals surface area contributed by atoms with Gasteiger partial charge >= 0.3 is 5.97 Å². The van der Waals surface area contributed by atoms with Crippen LogP contribution < -0.4 is 5.32 Å². The molecule has 2 rings (SSSR count). The third-order valence-corrected chi connectivity index (χ3v) is 4.18. The smallest absolute Gasteiger partial charge is 0.325 e. The Hall–Kier alpha value is -0.610. The monoisotopic (exact) mass is 240 g/mol. The summed E-state index contributed by atoms with van der Waals surface area (Å²) in [5, 5.41) is 13.0. The number of nitrogens with zero attached hydrogens (tertiary/aromatic N) is 1. The van der Waals surface area contributed by atoms with Crippen LogP contribution in [0.5, 0.6) is 0 Å². The number of fused-ring (bicyclic) bond motifs is 1. The molecule has 0 bridgehead atoms. The number of piperidine rings is 1. The number of carboxylic acid groups (broad SMARTS) is 1. The summed E-state index contributed by atoms with van der Waals surface area (Å²) in [5.74, 6) is -0.170. The van der Waals surface area contributed by atoms with Crippen LogP contribution in [0.15, 0.2) is 0 Å². The SMILES string of the molecule is CC(C)CNC1(C(=O)O)CCN2CCCCC21. The largest absolute Gasteiger partial charge is 0.480 e. The van der Waals surface area contributed by atoms with Crippen LogP contribution in [-0.2, 0) is 4.79 Å². The zero-order valence-electron chi connectivity index (χ0n) is 10.9. The maximum absolute atomic E-state index is 11.7. The van der Waals surface area contributed by atoms with E-state index in [0.717, 1.165) is 32.5 Å². The Morgan fingerprint density at radius 1 is 1.47 bits per heavy atom. The minimum absolute atomic E-state index is 0.201. The summed E-state index contributed by atoms with van der Waals surface area (Å²) in [5.41, 5.74) is -0.690. The normalized spacial score (nSPS) is 33.9. The van der Waals surface area contributed by atoms with E-state index in [0.29, 0.717) is 5.92 Å². The van der Waals surface area contributed by atoms with Crippen molar-refractivity contribution < 1.29 is 9.90 Å². The number of nitrogens with one attached hydrogen (secondary N) is 1. The minimum atomic E-state index is -0.690. The fraction of sp³-hybridized carbons (Fsp3) is 0.923. The van der Waals surface area contributed by atoms with Gasteiger partial charge in [0, 0.05) is 12.6 Å². The van der Waals surface area contributed by atoms with Crippen LogP contribution in [0.1, 0.15) is 39.5 Å². The van der Waals surface area contributed by atoms with Gasteiger partial charge in [-0.25, -0.2) is 0 Å². The van der Waals surface area contributed by atoms with Crippen molar-refractivity contribution in [3.63, 3.8) is 0 Å². The summed E-state index contributed by atoms with van der Waals surface area (Å²) in [6, 6.07) is 0.201.